The van der Waals surface area contributed by atoms with Crippen LogP contribution in [0.4, 0.5) is 0 Å². The molecule has 9 aromatic rings. The number of ether oxygens (including phenoxy) is 8. The van der Waals surface area contributed by atoms with Gasteiger partial charge in [0.15, 0.2) is 18.3 Å². The van der Waals surface area contributed by atoms with Gasteiger partial charge in [0, 0.05) is 69.2 Å². The first-order valence-corrected chi connectivity index (χ1v) is 40.7. The average molecular weight is 1580 g/mol. The summed E-state index contributed by atoms with van der Waals surface area (Å²) in [5.74, 6) is 1.02. The van der Waals surface area contributed by atoms with Gasteiger partial charge >= 0.3 is 25.0 Å². The Morgan fingerprint density at radius 1 is 0.509 bits per heavy atom. The maximum absolute atomic E-state index is 13.2. The first-order valence-electron chi connectivity index (χ1n) is 37.9. The molecular formula is C85H110BClN6O14S3. The fourth-order valence-corrected chi connectivity index (χ4v) is 18.0. The van der Waals surface area contributed by atoms with Gasteiger partial charge in [0.25, 0.3) is 0 Å². The molecule has 13 rings (SSSR count). The molecule has 0 amide bonds. The monoisotopic (exact) mass is 1580 g/mol. The minimum Gasteiger partial charge on any atom is -0.493 e. The van der Waals surface area contributed by atoms with Gasteiger partial charge in [0.2, 0.25) is 0 Å². The van der Waals surface area contributed by atoms with E-state index in [-0.39, 0.29) is 24.3 Å². The molecule has 10 heterocycles. The smallest absolute Gasteiger partial charge is 0.493 e. The van der Waals surface area contributed by atoms with Crippen molar-refractivity contribution in [2.45, 2.75) is 230 Å². The average Bonchev–Trinajstić information content (AvgIpc) is 1.85. The molecule has 3 aromatic carbocycles. The number of carboxylic acid groups (broad SMARTS) is 1. The molecule has 1 N–H and O–H groups in total. The molecule has 4 aliphatic heterocycles. The number of aliphatic carboxylic acids is 1. The number of carbonyl (C=O) groups excluding carboxylic acids is 2. The van der Waals surface area contributed by atoms with Crippen LogP contribution in [-0.4, -0.2) is 121 Å². The number of fused-ring (bicyclic) bond motifs is 3. The first-order chi connectivity index (χ1) is 51.6. The number of aromatic nitrogens is 6. The minimum absolute atomic E-state index is 0.296. The van der Waals surface area contributed by atoms with Crippen molar-refractivity contribution in [2.75, 3.05) is 33.0 Å². The van der Waals surface area contributed by atoms with Gasteiger partial charge in [-0.25, -0.2) is 14.4 Å². The second-order valence-corrected chi connectivity index (χ2v) is 36.6. The maximum atomic E-state index is 13.2. The number of halogens is 1. The zero-order chi connectivity index (χ0) is 80.4. The molecule has 0 aliphatic carbocycles. The van der Waals surface area contributed by atoms with Crippen molar-refractivity contribution in [3.8, 4) is 71.8 Å². The van der Waals surface area contributed by atoms with Crippen LogP contribution in [0, 0.1) is 41.5 Å². The maximum Gasteiger partial charge on any atom is 0.514 e. The van der Waals surface area contributed by atoms with Crippen molar-refractivity contribution in [3.05, 3.63) is 142 Å². The number of carbonyl (C=O) groups is 3. The quantitative estimate of drug-likeness (QED) is 0.0662. The third kappa shape index (κ3) is 19.7. The largest absolute Gasteiger partial charge is 0.514 e. The topological polar surface area (TPSA) is 217 Å². The number of hydrogen-bond donors (Lipinski definition) is 1. The molecule has 592 valence electrons. The van der Waals surface area contributed by atoms with Gasteiger partial charge in [-0.2, -0.15) is 15.3 Å². The van der Waals surface area contributed by atoms with E-state index in [0.29, 0.717) is 23.1 Å². The second kappa shape index (κ2) is 34.4. The third-order valence-corrected chi connectivity index (χ3v) is 23.0. The summed E-state index contributed by atoms with van der Waals surface area (Å²) in [4.78, 5) is 43.4. The number of benzene rings is 3. The van der Waals surface area contributed by atoms with Crippen LogP contribution < -0.4 is 19.8 Å². The zero-order valence-electron chi connectivity index (χ0n) is 68.6. The predicted octanol–water partition coefficient (Wildman–Crippen LogP) is 19.0. The number of rotatable bonds is 17. The Morgan fingerprint density at radius 3 is 1.18 bits per heavy atom. The zero-order valence-corrected chi connectivity index (χ0v) is 71.8. The van der Waals surface area contributed by atoms with E-state index in [9.17, 15) is 19.5 Å². The van der Waals surface area contributed by atoms with Crippen molar-refractivity contribution in [3.63, 3.8) is 0 Å². The van der Waals surface area contributed by atoms with Crippen LogP contribution in [-0.2, 0) is 87.8 Å². The SMILES string of the molecule is CCOC(=O)C(OC(C)(C)C)c1c(C)sc(-c2cc(C)nn2C)c1-c1ccc2c(c1)CCCO2.CCOC(=O)C(OC(C)(C)C)c1c(C)sc(Cl)c1-c1ccc2c(c1)CCCO2.Cc1cc(-c2sc(C)c(C(OC(C)(C)C)C(=O)O)c2-c2ccc3c(c2)CCCO3)n(C)n1.Cc1cc(B2OC(C)(C)C(C)(C)O2)n(C)n1. The van der Waals surface area contributed by atoms with E-state index in [1.54, 1.807) is 29.6 Å². The van der Waals surface area contributed by atoms with Crippen LogP contribution in [0.1, 0.15) is 207 Å². The Bertz CT molecular complexity index is 4790. The summed E-state index contributed by atoms with van der Waals surface area (Å²) in [5, 5.41) is 23.6. The van der Waals surface area contributed by atoms with Crippen LogP contribution in [0.2, 0.25) is 4.34 Å². The molecule has 3 unspecified atom stereocenters. The summed E-state index contributed by atoms with van der Waals surface area (Å²) in [6.45, 7) is 43.9. The molecule has 110 heavy (non-hydrogen) atoms. The van der Waals surface area contributed by atoms with Gasteiger partial charge in [-0.3, -0.25) is 14.0 Å². The van der Waals surface area contributed by atoms with Gasteiger partial charge in [-0.1, -0.05) is 29.8 Å². The molecule has 0 spiro atoms. The Balaban J connectivity index is 0.000000160. The van der Waals surface area contributed by atoms with Crippen LogP contribution in [0.3, 0.4) is 0 Å². The lowest BCUT2D eigenvalue weighted by Crippen LogP contribution is -2.41. The van der Waals surface area contributed by atoms with Crippen molar-refractivity contribution in [1.29, 1.82) is 0 Å². The molecule has 0 bridgehead atoms. The van der Waals surface area contributed by atoms with Gasteiger partial charge in [0.1, 0.15) is 21.6 Å². The fourth-order valence-electron chi connectivity index (χ4n) is 14.0. The van der Waals surface area contributed by atoms with E-state index < -0.39 is 47.1 Å². The van der Waals surface area contributed by atoms with E-state index in [1.807, 2.05) is 182 Å². The Hall–Kier alpha value is -7.65. The van der Waals surface area contributed by atoms with E-state index in [0.717, 1.165) is 184 Å². The summed E-state index contributed by atoms with van der Waals surface area (Å²) in [7, 11) is 5.46. The van der Waals surface area contributed by atoms with Crippen molar-refractivity contribution in [2.24, 2.45) is 21.1 Å². The lowest BCUT2D eigenvalue weighted by Gasteiger charge is -2.32. The highest BCUT2D eigenvalue weighted by molar-refractivity contribution is 7.17. The summed E-state index contributed by atoms with van der Waals surface area (Å²) < 4.78 is 65.0. The predicted molar refractivity (Wildman–Crippen MR) is 439 cm³/mol. The van der Waals surface area contributed by atoms with E-state index >= 15 is 0 Å². The molecular weight excluding hydrogens is 1470 g/mol. The third-order valence-electron chi connectivity index (χ3n) is 19.4. The van der Waals surface area contributed by atoms with E-state index in [1.165, 1.54) is 22.5 Å². The molecule has 0 radical (unpaired) electrons. The van der Waals surface area contributed by atoms with Gasteiger partial charge < -0.3 is 52.3 Å². The van der Waals surface area contributed by atoms with Crippen LogP contribution in [0.15, 0.2) is 72.8 Å². The Morgan fingerprint density at radius 2 is 0.845 bits per heavy atom. The molecule has 1 saturated heterocycles. The summed E-state index contributed by atoms with van der Waals surface area (Å²) >= 11 is 11.4. The molecule has 0 saturated carbocycles. The molecule has 25 heteroatoms. The number of esters is 2. The highest BCUT2D eigenvalue weighted by Crippen LogP contribution is 2.52. The number of carboxylic acids is 1. The fraction of sp³-hybridized carbons (Fsp3) is 0.506. The van der Waals surface area contributed by atoms with Crippen LogP contribution in [0.5, 0.6) is 17.2 Å². The molecule has 1 fully saturated rings. The Labute approximate surface area is 666 Å². The van der Waals surface area contributed by atoms with Gasteiger partial charge in [-0.05, 0) is 272 Å². The lowest BCUT2D eigenvalue weighted by atomic mass is 9.84. The van der Waals surface area contributed by atoms with E-state index in [2.05, 4.69) is 80.2 Å². The molecule has 4 aliphatic rings. The lowest BCUT2D eigenvalue weighted by molar-refractivity contribution is -0.167. The minimum atomic E-state index is -1.07. The summed E-state index contributed by atoms with van der Waals surface area (Å²) in [6, 6.07) is 24.7. The first kappa shape index (κ1) is 84.8. The molecule has 6 aromatic heterocycles. The summed E-state index contributed by atoms with van der Waals surface area (Å²) in [5.41, 5.74) is 15.2. The molecule has 3 atom stereocenters. The summed E-state index contributed by atoms with van der Waals surface area (Å²) in [6.07, 6.45) is 3.13. The highest BCUT2D eigenvalue weighted by atomic mass is 35.5. The van der Waals surface area contributed by atoms with Gasteiger partial charge in [0.05, 0.1) is 105 Å². The Kier molecular flexibility index (Phi) is 26.5. The standard InChI is InChI=1S/C27H34N2O4S.C25H30N2O4S.C22H27ClO4S.C11H19BN2O2/c1-8-31-26(30)24(33-27(4,5)6)22-17(3)34-25(20-14-16(2)28-29(20)7)23(22)19-11-12-21-18(15-19)10-9-13-32-21;1-14-12-18(27(6)26-14)23-21(17-9-10-19-16(13-17)8-7-11-30-19)20(15(2)32-23)22(24(28)29)31-25(3,4)5;1-6-25-21(24)19(27-22(3,4)5)17-13(2)28-20(23)18(17)15-9-10-16-14(12-15)8-7-11-26-16;1-8-7-9(14(6)13-8)12-15-10(2,3)11(4,5)16-12/h11-12,14-15,24H,8-10,13H2,1-7H3;9-10,12-13,22H,7-8,11H2,1-6H3,(H,28,29);9-10,12,19H,6-8,11H2,1-5H3;7H,1-6H3. The number of thiophene rings is 3. The second-order valence-electron chi connectivity index (χ2n) is 32.3. The normalized spacial score (nSPS) is 15.8. The van der Waals surface area contributed by atoms with Crippen molar-refractivity contribution in [1.82, 2.24) is 29.3 Å². The number of hydrogen-bond acceptors (Lipinski definition) is 19. The van der Waals surface area contributed by atoms with Crippen molar-refractivity contribution < 1.29 is 66.7 Å². The van der Waals surface area contributed by atoms with Crippen LogP contribution in [0.25, 0.3) is 54.5 Å². The van der Waals surface area contributed by atoms with Gasteiger partial charge in [-0.15, -0.1) is 34.0 Å². The number of aryl methyl sites for hydroxylation is 12. The van der Waals surface area contributed by atoms with E-state index in [4.69, 9.17) is 58.8 Å². The number of nitrogens with zero attached hydrogens (tertiary/aromatic N) is 6. The highest BCUT2D eigenvalue weighted by Gasteiger charge is 2.53. The van der Waals surface area contributed by atoms with Crippen LogP contribution >= 0.6 is 45.6 Å². The molecule has 20 nitrogen and oxygen atoms in total. The van der Waals surface area contributed by atoms with Crippen molar-refractivity contribution >= 4 is 76.2 Å².